The van der Waals surface area contributed by atoms with Crippen molar-refractivity contribution in [2.45, 2.75) is 13.5 Å². The topological polar surface area (TPSA) is 59.6 Å². The number of aryl methyl sites for hydroxylation is 1. The minimum absolute atomic E-state index is 0.300. The third kappa shape index (κ3) is 4.90. The maximum atomic E-state index is 13.5. The number of esters is 1. The van der Waals surface area contributed by atoms with Gasteiger partial charge in [0.05, 0.1) is 14.2 Å². The molecule has 0 saturated carbocycles. The molecule has 0 unspecified atom stereocenters. The number of benzene rings is 2. The minimum Gasteiger partial charge on any atom is -0.496 e. The van der Waals surface area contributed by atoms with Crippen molar-refractivity contribution in [1.29, 1.82) is 0 Å². The molecule has 7 heteroatoms. The van der Waals surface area contributed by atoms with E-state index in [4.69, 9.17) is 21.7 Å². The van der Waals surface area contributed by atoms with Crippen LogP contribution in [0, 0.1) is 12.7 Å². The first-order valence-corrected chi connectivity index (χ1v) is 7.91. The molecule has 2 aromatic carbocycles. The first-order valence-electron chi connectivity index (χ1n) is 7.51. The molecule has 0 aliphatic carbocycles. The summed E-state index contributed by atoms with van der Waals surface area (Å²) in [5.74, 6) is -0.341. The average Bonchev–Trinajstić information content (AvgIpc) is 2.62. The van der Waals surface area contributed by atoms with Gasteiger partial charge in [0.25, 0.3) is 0 Å². The molecule has 0 spiro atoms. The highest BCUT2D eigenvalue weighted by molar-refractivity contribution is 7.80. The predicted octanol–water partition coefficient (Wildman–Crippen LogP) is 3.42. The Bertz CT molecular complexity index is 796. The van der Waals surface area contributed by atoms with Crippen LogP contribution < -0.4 is 15.4 Å². The Morgan fingerprint density at radius 3 is 2.60 bits per heavy atom. The molecule has 0 aromatic heterocycles. The number of hydrogen-bond donors (Lipinski definition) is 2. The van der Waals surface area contributed by atoms with Crippen LogP contribution >= 0.6 is 12.2 Å². The number of ether oxygens (including phenoxy) is 2. The summed E-state index contributed by atoms with van der Waals surface area (Å²) in [4.78, 5) is 11.8. The fourth-order valence-electron chi connectivity index (χ4n) is 2.16. The molecule has 0 aliphatic rings. The molecule has 0 amide bonds. The summed E-state index contributed by atoms with van der Waals surface area (Å²) < 4.78 is 23.4. The van der Waals surface area contributed by atoms with E-state index in [2.05, 4.69) is 10.6 Å². The molecule has 2 N–H and O–H groups in total. The Hall–Kier alpha value is -2.67. The van der Waals surface area contributed by atoms with E-state index < -0.39 is 5.97 Å². The number of carbonyl (C=O) groups excluding carboxylic acids is 1. The van der Waals surface area contributed by atoms with Gasteiger partial charge in [-0.1, -0.05) is 12.1 Å². The summed E-state index contributed by atoms with van der Waals surface area (Å²) in [5, 5.41) is 6.27. The first kappa shape index (κ1) is 18.7. The molecule has 5 nitrogen and oxygen atoms in total. The highest BCUT2D eigenvalue weighted by Gasteiger charge is 2.13. The van der Waals surface area contributed by atoms with E-state index in [-0.39, 0.29) is 5.82 Å². The van der Waals surface area contributed by atoms with E-state index >= 15 is 0 Å². The molecule has 25 heavy (non-hydrogen) atoms. The van der Waals surface area contributed by atoms with Gasteiger partial charge in [0.2, 0.25) is 0 Å². The van der Waals surface area contributed by atoms with Crippen molar-refractivity contribution in [2.75, 3.05) is 19.5 Å². The molecule has 0 radical (unpaired) electrons. The number of thiocarbonyl (C=S) groups is 1. The van der Waals surface area contributed by atoms with Gasteiger partial charge in [-0.3, -0.25) is 0 Å². The second-order valence-corrected chi connectivity index (χ2v) is 5.71. The quantitative estimate of drug-likeness (QED) is 0.628. The Labute approximate surface area is 151 Å². The molecule has 0 aliphatic heterocycles. The predicted molar refractivity (Wildman–Crippen MR) is 98.5 cm³/mol. The molecule has 0 heterocycles. The van der Waals surface area contributed by atoms with Gasteiger partial charge in [-0.05, 0) is 54.5 Å². The van der Waals surface area contributed by atoms with Crippen LogP contribution in [0.1, 0.15) is 21.5 Å². The zero-order valence-electron chi connectivity index (χ0n) is 14.2. The Kier molecular flexibility index (Phi) is 6.30. The number of halogens is 1. The summed E-state index contributed by atoms with van der Waals surface area (Å²) >= 11 is 5.21. The van der Waals surface area contributed by atoms with Crippen LogP contribution in [-0.2, 0) is 11.3 Å². The van der Waals surface area contributed by atoms with E-state index in [0.29, 0.717) is 34.2 Å². The Morgan fingerprint density at radius 2 is 1.96 bits per heavy atom. The maximum absolute atomic E-state index is 13.5. The zero-order valence-corrected chi connectivity index (χ0v) is 15.0. The van der Waals surface area contributed by atoms with Gasteiger partial charge >= 0.3 is 5.97 Å². The van der Waals surface area contributed by atoms with Crippen LogP contribution in [0.4, 0.5) is 10.1 Å². The molecular weight excluding hydrogens is 343 g/mol. The van der Waals surface area contributed by atoms with E-state index in [1.54, 1.807) is 31.2 Å². The number of carbonyl (C=O) groups is 1. The summed E-state index contributed by atoms with van der Waals surface area (Å²) in [6.45, 7) is 2.08. The van der Waals surface area contributed by atoms with Gasteiger partial charge in [-0.15, -0.1) is 0 Å². The molecule has 2 aromatic rings. The number of anilines is 1. The third-order valence-electron chi connectivity index (χ3n) is 3.55. The fraction of sp³-hybridized carbons (Fsp3) is 0.222. The lowest BCUT2D eigenvalue weighted by Crippen LogP contribution is -2.28. The van der Waals surface area contributed by atoms with Crippen molar-refractivity contribution in [3.63, 3.8) is 0 Å². The molecular formula is C18H19FN2O3S. The Morgan fingerprint density at radius 1 is 1.20 bits per heavy atom. The lowest BCUT2D eigenvalue weighted by Gasteiger charge is -2.13. The maximum Gasteiger partial charge on any atom is 0.341 e. The van der Waals surface area contributed by atoms with E-state index in [0.717, 1.165) is 5.56 Å². The number of rotatable bonds is 5. The van der Waals surface area contributed by atoms with Crippen molar-refractivity contribution >= 4 is 29.0 Å². The van der Waals surface area contributed by atoms with Crippen LogP contribution in [0.5, 0.6) is 5.75 Å². The summed E-state index contributed by atoms with van der Waals surface area (Å²) in [7, 11) is 2.80. The van der Waals surface area contributed by atoms with Crippen molar-refractivity contribution < 1.29 is 18.7 Å². The second-order valence-electron chi connectivity index (χ2n) is 5.30. The van der Waals surface area contributed by atoms with Crippen LogP contribution in [-0.4, -0.2) is 25.3 Å². The van der Waals surface area contributed by atoms with E-state index in [1.165, 1.54) is 20.3 Å². The average molecular weight is 362 g/mol. The van der Waals surface area contributed by atoms with Gasteiger partial charge in [0, 0.05) is 12.2 Å². The third-order valence-corrected chi connectivity index (χ3v) is 3.80. The van der Waals surface area contributed by atoms with Crippen LogP contribution in [0.25, 0.3) is 0 Å². The monoisotopic (exact) mass is 362 g/mol. The molecule has 0 fully saturated rings. The van der Waals surface area contributed by atoms with Gasteiger partial charge in [-0.25, -0.2) is 9.18 Å². The number of nitrogens with one attached hydrogen (secondary N) is 2. The van der Waals surface area contributed by atoms with Gasteiger partial charge in [0.15, 0.2) is 5.11 Å². The lowest BCUT2D eigenvalue weighted by molar-refractivity contribution is 0.0597. The smallest absolute Gasteiger partial charge is 0.341 e. The van der Waals surface area contributed by atoms with Crippen molar-refractivity contribution in [3.05, 3.63) is 58.9 Å². The molecule has 132 valence electrons. The summed E-state index contributed by atoms with van der Waals surface area (Å²) in [5.41, 5.74) is 2.29. The molecule has 0 saturated heterocycles. The number of hydrogen-bond acceptors (Lipinski definition) is 4. The van der Waals surface area contributed by atoms with Crippen molar-refractivity contribution in [2.24, 2.45) is 0 Å². The minimum atomic E-state index is -0.477. The SMILES string of the molecule is COC(=O)c1cc(CNC(=S)Nc2ccc(C)c(F)c2)ccc1OC. The molecule has 2 rings (SSSR count). The second kappa shape index (κ2) is 8.43. The first-order chi connectivity index (χ1) is 11.9. The summed E-state index contributed by atoms with van der Waals surface area (Å²) in [6, 6.07) is 9.97. The van der Waals surface area contributed by atoms with E-state index in [9.17, 15) is 9.18 Å². The van der Waals surface area contributed by atoms with Crippen LogP contribution in [0.2, 0.25) is 0 Å². The van der Waals surface area contributed by atoms with Gasteiger partial charge in [0.1, 0.15) is 17.1 Å². The van der Waals surface area contributed by atoms with Gasteiger partial charge < -0.3 is 20.1 Å². The highest BCUT2D eigenvalue weighted by atomic mass is 32.1. The Balaban J connectivity index is 2.01. The fourth-order valence-corrected chi connectivity index (χ4v) is 2.35. The van der Waals surface area contributed by atoms with Crippen LogP contribution in [0.15, 0.2) is 36.4 Å². The van der Waals surface area contributed by atoms with Crippen LogP contribution in [0.3, 0.4) is 0 Å². The standard InChI is InChI=1S/C18H19FN2O3S/c1-11-4-6-13(9-15(11)19)21-18(25)20-10-12-5-7-16(23-2)14(8-12)17(22)24-3/h4-9H,10H2,1-3H3,(H2,20,21,25). The van der Waals surface area contributed by atoms with Crippen molar-refractivity contribution in [3.8, 4) is 5.75 Å². The lowest BCUT2D eigenvalue weighted by atomic mass is 10.1. The highest BCUT2D eigenvalue weighted by Crippen LogP contribution is 2.21. The van der Waals surface area contributed by atoms with E-state index in [1.807, 2.05) is 6.07 Å². The van der Waals surface area contributed by atoms with Gasteiger partial charge in [-0.2, -0.15) is 0 Å². The number of methoxy groups -OCH3 is 2. The molecule has 0 bridgehead atoms. The largest absolute Gasteiger partial charge is 0.496 e. The summed E-state index contributed by atoms with van der Waals surface area (Å²) in [6.07, 6.45) is 0. The molecule has 0 atom stereocenters. The normalized spacial score (nSPS) is 10.1. The zero-order chi connectivity index (χ0) is 18.4. The van der Waals surface area contributed by atoms with Crippen molar-refractivity contribution in [1.82, 2.24) is 5.32 Å².